The predicted octanol–water partition coefficient (Wildman–Crippen LogP) is 1.58. The summed E-state index contributed by atoms with van der Waals surface area (Å²) in [5.41, 5.74) is 0. The molecule has 0 radical (unpaired) electrons. The van der Waals surface area contributed by atoms with Crippen LogP contribution in [0.25, 0.3) is 0 Å². The summed E-state index contributed by atoms with van der Waals surface area (Å²) in [7, 11) is 0. The quantitative estimate of drug-likeness (QED) is 0.809. The van der Waals surface area contributed by atoms with Crippen LogP contribution in [-0.4, -0.2) is 61.3 Å². The maximum absolute atomic E-state index is 5.62. The summed E-state index contributed by atoms with van der Waals surface area (Å²) in [5, 5.41) is 3.57. The van der Waals surface area contributed by atoms with Gasteiger partial charge in [0, 0.05) is 38.0 Å². The van der Waals surface area contributed by atoms with Crippen LogP contribution in [0, 0.1) is 0 Å². The molecule has 100 valence electrons. The molecule has 3 nitrogen and oxygen atoms in total. The van der Waals surface area contributed by atoms with Crippen molar-refractivity contribution < 1.29 is 4.74 Å². The molecule has 2 rings (SSSR count). The molecule has 2 aliphatic heterocycles. The van der Waals surface area contributed by atoms with Crippen molar-refractivity contribution in [1.82, 2.24) is 10.2 Å². The van der Waals surface area contributed by atoms with E-state index in [1.807, 2.05) is 0 Å². The lowest BCUT2D eigenvalue weighted by atomic mass is 10.2. The fourth-order valence-electron chi connectivity index (χ4n) is 2.59. The zero-order valence-electron chi connectivity index (χ0n) is 11.0. The first-order valence-electron chi connectivity index (χ1n) is 7.00. The molecular weight excluding hydrogens is 232 g/mol. The van der Waals surface area contributed by atoms with Crippen molar-refractivity contribution in [3.8, 4) is 0 Å². The molecule has 0 saturated carbocycles. The van der Waals surface area contributed by atoms with E-state index in [4.69, 9.17) is 4.74 Å². The van der Waals surface area contributed by atoms with Crippen molar-refractivity contribution >= 4 is 11.8 Å². The normalized spacial score (nSPS) is 29.1. The number of nitrogens with zero attached hydrogens (tertiary/aromatic N) is 1. The molecule has 2 heterocycles. The third kappa shape index (κ3) is 4.78. The van der Waals surface area contributed by atoms with E-state index >= 15 is 0 Å². The Hall–Kier alpha value is 0.230. The van der Waals surface area contributed by atoms with Crippen LogP contribution in [0.2, 0.25) is 0 Å². The Morgan fingerprint density at radius 3 is 3.12 bits per heavy atom. The highest BCUT2D eigenvalue weighted by Gasteiger charge is 2.18. The zero-order chi connectivity index (χ0) is 11.9. The lowest BCUT2D eigenvalue weighted by Crippen LogP contribution is -2.43. The number of rotatable bonds is 5. The van der Waals surface area contributed by atoms with Crippen molar-refractivity contribution in [2.75, 3.05) is 44.3 Å². The van der Waals surface area contributed by atoms with Gasteiger partial charge in [-0.15, -0.1) is 0 Å². The topological polar surface area (TPSA) is 24.5 Å². The number of nitrogens with one attached hydrogen (secondary N) is 1. The third-order valence-electron chi connectivity index (χ3n) is 3.72. The molecule has 2 saturated heterocycles. The Labute approximate surface area is 110 Å². The smallest absolute Gasteiger partial charge is 0.0700 e. The fraction of sp³-hybridized carbons (Fsp3) is 1.00. The van der Waals surface area contributed by atoms with E-state index in [9.17, 15) is 0 Å². The minimum Gasteiger partial charge on any atom is -0.377 e. The highest BCUT2D eigenvalue weighted by atomic mass is 32.2. The van der Waals surface area contributed by atoms with Gasteiger partial charge < -0.3 is 10.1 Å². The number of hydrogen-bond acceptors (Lipinski definition) is 4. The molecule has 2 atom stereocenters. The lowest BCUT2D eigenvalue weighted by Gasteiger charge is -2.27. The Balaban J connectivity index is 1.60. The first-order valence-corrected chi connectivity index (χ1v) is 8.16. The summed E-state index contributed by atoms with van der Waals surface area (Å²) in [6.45, 7) is 7.98. The van der Waals surface area contributed by atoms with Gasteiger partial charge in [0.2, 0.25) is 0 Å². The second-order valence-electron chi connectivity index (χ2n) is 5.14. The van der Waals surface area contributed by atoms with E-state index in [2.05, 4.69) is 28.9 Å². The lowest BCUT2D eigenvalue weighted by molar-refractivity contribution is 0.107. The predicted molar refractivity (Wildman–Crippen MR) is 74.8 cm³/mol. The van der Waals surface area contributed by atoms with Gasteiger partial charge >= 0.3 is 0 Å². The number of hydrogen-bond donors (Lipinski definition) is 1. The van der Waals surface area contributed by atoms with Crippen molar-refractivity contribution in [1.29, 1.82) is 0 Å². The van der Waals surface area contributed by atoms with Gasteiger partial charge in [0.1, 0.15) is 0 Å². The monoisotopic (exact) mass is 258 g/mol. The van der Waals surface area contributed by atoms with E-state index in [-0.39, 0.29) is 0 Å². The van der Waals surface area contributed by atoms with Gasteiger partial charge in [-0.05, 0) is 38.5 Å². The van der Waals surface area contributed by atoms with Crippen LogP contribution in [0.4, 0.5) is 0 Å². The van der Waals surface area contributed by atoms with E-state index in [0.29, 0.717) is 12.1 Å². The highest BCUT2D eigenvalue weighted by Crippen LogP contribution is 2.13. The first kappa shape index (κ1) is 13.7. The Morgan fingerprint density at radius 2 is 2.29 bits per heavy atom. The number of ether oxygens (including phenoxy) is 1. The van der Waals surface area contributed by atoms with Crippen molar-refractivity contribution in [2.24, 2.45) is 0 Å². The fourth-order valence-corrected chi connectivity index (χ4v) is 3.49. The van der Waals surface area contributed by atoms with Gasteiger partial charge in [-0.1, -0.05) is 0 Å². The molecule has 2 aliphatic rings. The van der Waals surface area contributed by atoms with Gasteiger partial charge in [-0.3, -0.25) is 4.90 Å². The van der Waals surface area contributed by atoms with Crippen LogP contribution in [0.1, 0.15) is 26.2 Å². The largest absolute Gasteiger partial charge is 0.377 e. The Bertz CT molecular complexity index is 202. The molecule has 17 heavy (non-hydrogen) atoms. The van der Waals surface area contributed by atoms with Gasteiger partial charge in [0.25, 0.3) is 0 Å². The van der Waals surface area contributed by atoms with Crippen LogP contribution >= 0.6 is 11.8 Å². The molecular formula is C13H26N2OS. The van der Waals surface area contributed by atoms with Crippen LogP contribution in [0.5, 0.6) is 0 Å². The molecule has 0 aromatic rings. The zero-order valence-corrected chi connectivity index (χ0v) is 11.8. The van der Waals surface area contributed by atoms with E-state index in [1.54, 1.807) is 0 Å². The summed E-state index contributed by atoms with van der Waals surface area (Å²) in [4.78, 5) is 2.63. The standard InChI is InChI=1S/C13H26N2OS/c1-12(15-5-3-8-17-9-6-15)10-14-11-13-4-2-7-16-13/h12-14H,2-11H2,1H3. The van der Waals surface area contributed by atoms with E-state index in [0.717, 1.165) is 19.7 Å². The van der Waals surface area contributed by atoms with Gasteiger partial charge in [-0.2, -0.15) is 11.8 Å². The van der Waals surface area contributed by atoms with Gasteiger partial charge in [-0.25, -0.2) is 0 Å². The SMILES string of the molecule is CC(CNCC1CCCO1)N1CCCSCC1. The molecule has 2 fully saturated rings. The highest BCUT2D eigenvalue weighted by molar-refractivity contribution is 7.99. The summed E-state index contributed by atoms with van der Waals surface area (Å²) in [6, 6.07) is 0.662. The molecule has 2 unspecified atom stereocenters. The second-order valence-corrected chi connectivity index (χ2v) is 6.37. The van der Waals surface area contributed by atoms with E-state index in [1.165, 1.54) is 43.9 Å². The van der Waals surface area contributed by atoms with Crippen molar-refractivity contribution in [3.63, 3.8) is 0 Å². The van der Waals surface area contributed by atoms with Crippen LogP contribution < -0.4 is 5.32 Å². The minimum atomic E-state index is 0.474. The van der Waals surface area contributed by atoms with Gasteiger partial charge in [0.05, 0.1) is 6.10 Å². The average molecular weight is 258 g/mol. The molecule has 0 amide bonds. The van der Waals surface area contributed by atoms with Crippen LogP contribution in [0.3, 0.4) is 0 Å². The summed E-state index contributed by atoms with van der Waals surface area (Å²) in [6.07, 6.45) is 4.30. The maximum atomic E-state index is 5.62. The third-order valence-corrected chi connectivity index (χ3v) is 4.76. The Morgan fingerprint density at radius 1 is 1.35 bits per heavy atom. The number of thioether (sulfide) groups is 1. The molecule has 0 bridgehead atoms. The average Bonchev–Trinajstić information content (AvgIpc) is 2.69. The first-order chi connectivity index (χ1) is 8.36. The molecule has 0 aliphatic carbocycles. The molecule has 4 heteroatoms. The summed E-state index contributed by atoms with van der Waals surface area (Å²) in [5.74, 6) is 2.64. The molecule has 0 aromatic heterocycles. The summed E-state index contributed by atoms with van der Waals surface area (Å²) < 4.78 is 5.62. The van der Waals surface area contributed by atoms with Crippen LogP contribution in [-0.2, 0) is 4.74 Å². The maximum Gasteiger partial charge on any atom is 0.0700 e. The van der Waals surface area contributed by atoms with E-state index < -0.39 is 0 Å². The molecule has 0 spiro atoms. The summed E-state index contributed by atoms with van der Waals surface area (Å²) >= 11 is 2.10. The molecule has 1 N–H and O–H groups in total. The minimum absolute atomic E-state index is 0.474. The van der Waals surface area contributed by atoms with Crippen molar-refractivity contribution in [3.05, 3.63) is 0 Å². The van der Waals surface area contributed by atoms with Crippen molar-refractivity contribution in [2.45, 2.75) is 38.3 Å². The van der Waals surface area contributed by atoms with Crippen LogP contribution in [0.15, 0.2) is 0 Å². The molecule has 0 aromatic carbocycles. The Kier molecular flexibility index (Phi) is 6.12. The second kappa shape index (κ2) is 7.62. The van der Waals surface area contributed by atoms with Gasteiger partial charge in [0.15, 0.2) is 0 Å².